The molecule has 2 heterocycles. The number of carbonyl (C=O) groups excluding carboxylic acids is 1. The minimum absolute atomic E-state index is 0.123. The molecule has 0 radical (unpaired) electrons. The van der Waals surface area contributed by atoms with E-state index >= 15 is 0 Å². The summed E-state index contributed by atoms with van der Waals surface area (Å²) in [6.07, 6.45) is 1.72. The van der Waals surface area contributed by atoms with Crippen molar-refractivity contribution in [3.8, 4) is 0 Å². The molecule has 0 atom stereocenters. The molecule has 0 unspecified atom stereocenters. The Hall–Kier alpha value is -3.49. The van der Waals surface area contributed by atoms with Crippen LogP contribution in [0.25, 0.3) is 21.7 Å². The first kappa shape index (κ1) is 20.4. The zero-order valence-corrected chi connectivity index (χ0v) is 17.9. The molecule has 1 fully saturated rings. The van der Waals surface area contributed by atoms with E-state index in [2.05, 4.69) is 5.32 Å². The van der Waals surface area contributed by atoms with Gasteiger partial charge in [-0.1, -0.05) is 30.3 Å². The van der Waals surface area contributed by atoms with Crippen molar-refractivity contribution >= 4 is 43.4 Å². The number of benzene rings is 3. The van der Waals surface area contributed by atoms with Gasteiger partial charge in [0.2, 0.25) is 10.0 Å². The summed E-state index contributed by atoms with van der Waals surface area (Å²) >= 11 is 0. The van der Waals surface area contributed by atoms with Gasteiger partial charge in [-0.15, -0.1) is 0 Å². The smallest absolute Gasteiger partial charge is 0.349 e. The van der Waals surface area contributed by atoms with Crippen molar-refractivity contribution in [2.45, 2.75) is 17.7 Å². The molecule has 1 amide bonds. The van der Waals surface area contributed by atoms with Crippen LogP contribution in [0.2, 0.25) is 0 Å². The zero-order chi connectivity index (χ0) is 22.3. The minimum Gasteiger partial charge on any atom is -0.422 e. The van der Waals surface area contributed by atoms with Gasteiger partial charge in [-0.2, -0.15) is 4.31 Å². The van der Waals surface area contributed by atoms with Gasteiger partial charge in [0.1, 0.15) is 11.1 Å². The highest BCUT2D eigenvalue weighted by Crippen LogP contribution is 2.26. The van der Waals surface area contributed by atoms with Crippen LogP contribution in [0.15, 0.2) is 80.8 Å². The van der Waals surface area contributed by atoms with Gasteiger partial charge >= 0.3 is 5.63 Å². The van der Waals surface area contributed by atoms with Crippen molar-refractivity contribution in [3.05, 3.63) is 82.7 Å². The lowest BCUT2D eigenvalue weighted by molar-refractivity contribution is 0.102. The van der Waals surface area contributed by atoms with Crippen LogP contribution in [0.5, 0.6) is 0 Å². The molecule has 8 heteroatoms. The molecule has 1 aromatic heterocycles. The highest BCUT2D eigenvalue weighted by Gasteiger charge is 2.27. The van der Waals surface area contributed by atoms with Gasteiger partial charge in [0.25, 0.3) is 5.91 Å². The van der Waals surface area contributed by atoms with Gasteiger partial charge < -0.3 is 9.73 Å². The highest BCUT2D eigenvalue weighted by atomic mass is 32.2. The fourth-order valence-electron chi connectivity index (χ4n) is 4.02. The van der Waals surface area contributed by atoms with Crippen LogP contribution in [-0.2, 0) is 10.0 Å². The third-order valence-electron chi connectivity index (χ3n) is 5.70. The second kappa shape index (κ2) is 7.89. The molecule has 0 bridgehead atoms. The number of nitrogens with one attached hydrogen (secondary N) is 1. The number of hydrogen-bond donors (Lipinski definition) is 1. The number of rotatable bonds is 4. The molecule has 162 valence electrons. The zero-order valence-electron chi connectivity index (χ0n) is 17.1. The summed E-state index contributed by atoms with van der Waals surface area (Å²) in [4.78, 5) is 25.4. The standard InChI is InChI=1S/C24H20N2O5S/c27-23(25-17-8-10-18(11-9-17)32(29,30)26-13-3-4-14-26)21-15-20-19-6-2-1-5-16(19)7-12-22(20)31-24(21)28/h1-2,5-12,15H,3-4,13-14H2,(H,25,27). The Balaban J connectivity index is 1.44. The van der Waals surface area contributed by atoms with Crippen molar-refractivity contribution in [1.82, 2.24) is 4.31 Å². The topological polar surface area (TPSA) is 96.7 Å². The van der Waals surface area contributed by atoms with E-state index in [9.17, 15) is 18.0 Å². The van der Waals surface area contributed by atoms with Gasteiger partial charge in [0.05, 0.1) is 4.90 Å². The monoisotopic (exact) mass is 448 g/mol. The molecule has 1 aliphatic heterocycles. The summed E-state index contributed by atoms with van der Waals surface area (Å²) in [6, 6.07) is 18.7. The average molecular weight is 449 g/mol. The number of nitrogens with zero attached hydrogens (tertiary/aromatic N) is 1. The predicted octanol–water partition coefficient (Wildman–Crippen LogP) is 3.98. The highest BCUT2D eigenvalue weighted by molar-refractivity contribution is 7.89. The first-order valence-electron chi connectivity index (χ1n) is 10.3. The lowest BCUT2D eigenvalue weighted by Gasteiger charge is -2.15. The van der Waals surface area contributed by atoms with E-state index in [1.165, 1.54) is 34.6 Å². The van der Waals surface area contributed by atoms with Crippen molar-refractivity contribution in [1.29, 1.82) is 0 Å². The first-order valence-corrected chi connectivity index (χ1v) is 11.7. The molecule has 0 spiro atoms. The molecule has 4 aromatic rings. The second-order valence-electron chi connectivity index (χ2n) is 7.74. The summed E-state index contributed by atoms with van der Waals surface area (Å²) in [6.45, 7) is 1.04. The van der Waals surface area contributed by atoms with Gasteiger partial charge in [-0.05, 0) is 60.0 Å². The third kappa shape index (κ3) is 3.57. The van der Waals surface area contributed by atoms with E-state index in [1.54, 1.807) is 6.07 Å². The van der Waals surface area contributed by atoms with E-state index in [-0.39, 0.29) is 10.5 Å². The van der Waals surface area contributed by atoms with Crippen molar-refractivity contribution in [2.75, 3.05) is 18.4 Å². The van der Waals surface area contributed by atoms with Gasteiger partial charge in [0.15, 0.2) is 0 Å². The number of fused-ring (bicyclic) bond motifs is 3. The first-order chi connectivity index (χ1) is 15.4. The molecule has 3 aromatic carbocycles. The van der Waals surface area contributed by atoms with E-state index in [4.69, 9.17) is 4.42 Å². The van der Waals surface area contributed by atoms with Gasteiger partial charge in [0, 0.05) is 24.2 Å². The van der Waals surface area contributed by atoms with Crippen LogP contribution in [0.4, 0.5) is 5.69 Å². The molecule has 1 N–H and O–H groups in total. The quantitative estimate of drug-likeness (QED) is 0.376. The van der Waals surface area contributed by atoms with Crippen LogP contribution >= 0.6 is 0 Å². The van der Waals surface area contributed by atoms with E-state index in [0.29, 0.717) is 29.7 Å². The van der Waals surface area contributed by atoms with Gasteiger partial charge in [-0.3, -0.25) is 4.79 Å². The van der Waals surface area contributed by atoms with Crippen LogP contribution in [0.3, 0.4) is 0 Å². The van der Waals surface area contributed by atoms with Crippen LogP contribution in [0.1, 0.15) is 23.2 Å². The second-order valence-corrected chi connectivity index (χ2v) is 9.67. The molecule has 0 saturated carbocycles. The molecule has 0 aliphatic carbocycles. The maximum atomic E-state index is 12.8. The SMILES string of the molecule is O=C(Nc1ccc(S(=O)(=O)N2CCCC2)cc1)c1cc2c(ccc3ccccc32)oc1=O. The number of amides is 1. The largest absolute Gasteiger partial charge is 0.422 e. The van der Waals surface area contributed by atoms with Gasteiger partial charge in [-0.25, -0.2) is 13.2 Å². The number of hydrogen-bond acceptors (Lipinski definition) is 5. The molecule has 1 saturated heterocycles. The molecule has 32 heavy (non-hydrogen) atoms. The summed E-state index contributed by atoms with van der Waals surface area (Å²) < 4.78 is 32.1. The van der Waals surface area contributed by atoms with Crippen molar-refractivity contribution in [3.63, 3.8) is 0 Å². The molecule has 1 aliphatic rings. The summed E-state index contributed by atoms with van der Waals surface area (Å²) in [5.41, 5.74) is -0.0735. The van der Waals surface area contributed by atoms with Crippen LogP contribution in [-0.4, -0.2) is 31.7 Å². The normalized spacial score (nSPS) is 14.8. The molecule has 7 nitrogen and oxygen atoms in total. The predicted molar refractivity (Wildman–Crippen MR) is 122 cm³/mol. The minimum atomic E-state index is -3.53. The summed E-state index contributed by atoms with van der Waals surface area (Å²) in [5.74, 6) is -0.622. The Labute approximate surface area is 184 Å². The molecule has 5 rings (SSSR count). The van der Waals surface area contributed by atoms with Crippen LogP contribution < -0.4 is 10.9 Å². The lowest BCUT2D eigenvalue weighted by atomic mass is 10.0. The number of carbonyl (C=O) groups is 1. The Kier molecular flexibility index (Phi) is 5.03. The average Bonchev–Trinajstić information content (AvgIpc) is 3.35. The molecular weight excluding hydrogens is 428 g/mol. The Bertz CT molecular complexity index is 1500. The fraction of sp³-hybridized carbons (Fsp3) is 0.167. The number of anilines is 1. The summed E-state index contributed by atoms with van der Waals surface area (Å²) in [5, 5.41) is 5.16. The number of sulfonamides is 1. The van der Waals surface area contributed by atoms with E-state index in [1.807, 2.05) is 30.3 Å². The fourth-order valence-corrected chi connectivity index (χ4v) is 5.53. The van der Waals surface area contributed by atoms with E-state index < -0.39 is 21.6 Å². The Morgan fingerprint density at radius 3 is 2.38 bits per heavy atom. The summed E-state index contributed by atoms with van der Waals surface area (Å²) in [7, 11) is -3.53. The van der Waals surface area contributed by atoms with Crippen LogP contribution in [0, 0.1) is 0 Å². The molecular formula is C24H20N2O5S. The lowest BCUT2D eigenvalue weighted by Crippen LogP contribution is -2.27. The van der Waals surface area contributed by atoms with Crippen molar-refractivity contribution in [2.24, 2.45) is 0 Å². The van der Waals surface area contributed by atoms with E-state index in [0.717, 1.165) is 23.6 Å². The maximum Gasteiger partial charge on any atom is 0.349 e. The Morgan fingerprint density at radius 1 is 0.906 bits per heavy atom. The maximum absolute atomic E-state index is 12.8. The third-order valence-corrected chi connectivity index (χ3v) is 7.61. The Morgan fingerprint density at radius 2 is 1.62 bits per heavy atom. The van der Waals surface area contributed by atoms with Crippen molar-refractivity contribution < 1.29 is 17.6 Å².